The van der Waals surface area contributed by atoms with Gasteiger partial charge in [0, 0.05) is 16.6 Å². The molecule has 0 heterocycles. The zero-order chi connectivity index (χ0) is 18.6. The third-order valence-electron chi connectivity index (χ3n) is 3.44. The normalized spacial score (nSPS) is 10.2. The second-order valence-electron chi connectivity index (χ2n) is 5.35. The minimum absolute atomic E-state index is 0.142. The third-order valence-corrected chi connectivity index (χ3v) is 3.90. The molecule has 0 radical (unpaired) electrons. The van der Waals surface area contributed by atoms with Gasteiger partial charge in [0.25, 0.3) is 11.6 Å². The van der Waals surface area contributed by atoms with Crippen molar-refractivity contribution in [3.63, 3.8) is 0 Å². The van der Waals surface area contributed by atoms with E-state index in [0.717, 1.165) is 15.6 Å². The molecule has 0 aliphatic heterocycles. The van der Waals surface area contributed by atoms with Crippen LogP contribution in [-0.4, -0.2) is 24.5 Å². The number of non-ortho nitro benzene ring substituents is 1. The fraction of sp³-hybridized carbons (Fsp3) is 0.235. The molecular weight excluding hydrogens is 392 g/mol. The molecular formula is C17H17BrN2O5. The van der Waals surface area contributed by atoms with Gasteiger partial charge in [0.15, 0.2) is 6.61 Å². The predicted molar refractivity (Wildman–Crippen MR) is 97.4 cm³/mol. The number of nitrogens with one attached hydrogen (secondary N) is 1. The van der Waals surface area contributed by atoms with Crippen LogP contribution in [0.15, 0.2) is 34.8 Å². The Morgan fingerprint density at radius 3 is 2.44 bits per heavy atom. The van der Waals surface area contributed by atoms with Crippen LogP contribution >= 0.6 is 15.9 Å². The van der Waals surface area contributed by atoms with Crippen molar-refractivity contribution in [1.29, 1.82) is 0 Å². The van der Waals surface area contributed by atoms with Gasteiger partial charge in [0.05, 0.1) is 17.7 Å². The van der Waals surface area contributed by atoms with Crippen LogP contribution in [0, 0.1) is 24.0 Å². The van der Waals surface area contributed by atoms with E-state index in [1.165, 1.54) is 25.3 Å². The van der Waals surface area contributed by atoms with Gasteiger partial charge in [-0.2, -0.15) is 0 Å². The van der Waals surface area contributed by atoms with Crippen molar-refractivity contribution in [3.8, 4) is 11.5 Å². The van der Waals surface area contributed by atoms with Gasteiger partial charge in [-0.05, 0) is 43.2 Å². The van der Waals surface area contributed by atoms with E-state index >= 15 is 0 Å². The van der Waals surface area contributed by atoms with Gasteiger partial charge in [-0.1, -0.05) is 15.9 Å². The second-order valence-corrected chi connectivity index (χ2v) is 6.26. The van der Waals surface area contributed by atoms with Crippen molar-refractivity contribution in [2.24, 2.45) is 0 Å². The summed E-state index contributed by atoms with van der Waals surface area (Å²) in [7, 11) is 1.42. The Hall–Kier alpha value is -2.61. The number of hydrogen-bond acceptors (Lipinski definition) is 5. The summed E-state index contributed by atoms with van der Waals surface area (Å²) in [6, 6.07) is 7.76. The highest BCUT2D eigenvalue weighted by atomic mass is 79.9. The van der Waals surface area contributed by atoms with Crippen molar-refractivity contribution >= 4 is 33.2 Å². The van der Waals surface area contributed by atoms with E-state index in [2.05, 4.69) is 21.2 Å². The van der Waals surface area contributed by atoms with Crippen LogP contribution in [0.4, 0.5) is 11.4 Å². The summed E-state index contributed by atoms with van der Waals surface area (Å²) in [6.07, 6.45) is 0. The van der Waals surface area contributed by atoms with E-state index < -0.39 is 10.8 Å². The molecule has 25 heavy (non-hydrogen) atoms. The maximum absolute atomic E-state index is 12.2. The van der Waals surface area contributed by atoms with E-state index in [9.17, 15) is 14.9 Å². The average molecular weight is 409 g/mol. The number of nitro groups is 1. The molecule has 2 rings (SSSR count). The van der Waals surface area contributed by atoms with Crippen LogP contribution in [0.5, 0.6) is 11.5 Å². The molecule has 2 aromatic rings. The zero-order valence-electron chi connectivity index (χ0n) is 14.0. The summed E-state index contributed by atoms with van der Waals surface area (Å²) >= 11 is 3.40. The standard InChI is InChI=1S/C17H17BrN2O5/c1-10-6-12(18)7-11(2)17(10)25-9-16(21)19-14-8-13(20(22)23)4-5-15(14)24-3/h4-8H,9H2,1-3H3,(H,19,21). The first-order chi connectivity index (χ1) is 11.8. The summed E-state index contributed by atoms with van der Waals surface area (Å²) in [5.74, 6) is 0.514. The van der Waals surface area contributed by atoms with Crippen LogP contribution < -0.4 is 14.8 Å². The number of carbonyl (C=O) groups excluding carboxylic acids is 1. The summed E-state index contributed by atoms with van der Waals surface area (Å²) in [5, 5.41) is 13.4. The molecule has 1 N–H and O–H groups in total. The molecule has 0 aromatic heterocycles. The van der Waals surface area contributed by atoms with Crippen molar-refractivity contribution in [2.75, 3.05) is 19.0 Å². The molecule has 0 saturated carbocycles. The predicted octanol–water partition coefficient (Wildman–Crippen LogP) is 4.00. The number of halogens is 1. The molecule has 0 fully saturated rings. The van der Waals surface area contributed by atoms with Gasteiger partial charge in [-0.15, -0.1) is 0 Å². The number of ether oxygens (including phenoxy) is 2. The van der Waals surface area contributed by atoms with Crippen molar-refractivity contribution in [1.82, 2.24) is 0 Å². The molecule has 0 spiro atoms. The number of hydrogen-bond donors (Lipinski definition) is 1. The summed E-state index contributed by atoms with van der Waals surface area (Å²) in [5.41, 5.74) is 1.87. The van der Waals surface area contributed by atoms with Gasteiger partial charge in [0.2, 0.25) is 0 Å². The van der Waals surface area contributed by atoms with Gasteiger partial charge in [0.1, 0.15) is 11.5 Å². The van der Waals surface area contributed by atoms with Gasteiger partial charge < -0.3 is 14.8 Å². The number of methoxy groups -OCH3 is 1. The molecule has 0 saturated heterocycles. The van der Waals surface area contributed by atoms with E-state index in [1.807, 2.05) is 26.0 Å². The van der Waals surface area contributed by atoms with Crippen molar-refractivity contribution in [2.45, 2.75) is 13.8 Å². The fourth-order valence-electron chi connectivity index (χ4n) is 2.36. The highest BCUT2D eigenvalue weighted by Crippen LogP contribution is 2.29. The lowest BCUT2D eigenvalue weighted by Gasteiger charge is -2.13. The molecule has 132 valence electrons. The lowest BCUT2D eigenvalue weighted by Crippen LogP contribution is -2.21. The molecule has 0 atom stereocenters. The summed E-state index contributed by atoms with van der Waals surface area (Å²) in [6.45, 7) is 3.54. The topological polar surface area (TPSA) is 90.7 Å². The van der Waals surface area contributed by atoms with Crippen LogP contribution in [0.2, 0.25) is 0 Å². The number of rotatable bonds is 6. The quantitative estimate of drug-likeness (QED) is 0.575. The first-order valence-corrected chi connectivity index (χ1v) is 8.13. The Morgan fingerprint density at radius 1 is 1.24 bits per heavy atom. The number of benzene rings is 2. The smallest absolute Gasteiger partial charge is 0.271 e. The van der Waals surface area contributed by atoms with E-state index in [4.69, 9.17) is 9.47 Å². The first-order valence-electron chi connectivity index (χ1n) is 7.33. The van der Waals surface area contributed by atoms with Crippen LogP contribution in [-0.2, 0) is 4.79 Å². The summed E-state index contributed by atoms with van der Waals surface area (Å²) < 4.78 is 11.6. The molecule has 8 heteroatoms. The average Bonchev–Trinajstić information content (AvgIpc) is 2.53. The third kappa shape index (κ3) is 4.69. The van der Waals surface area contributed by atoms with Gasteiger partial charge >= 0.3 is 0 Å². The number of aryl methyl sites for hydroxylation is 2. The van der Waals surface area contributed by atoms with E-state index in [0.29, 0.717) is 11.5 Å². The molecule has 0 aliphatic carbocycles. The lowest BCUT2D eigenvalue weighted by atomic mass is 10.1. The number of nitrogens with zero attached hydrogens (tertiary/aromatic N) is 1. The van der Waals surface area contributed by atoms with Crippen LogP contribution in [0.3, 0.4) is 0 Å². The van der Waals surface area contributed by atoms with Gasteiger partial charge in [-0.3, -0.25) is 14.9 Å². The number of anilines is 1. The Morgan fingerprint density at radius 2 is 1.88 bits per heavy atom. The summed E-state index contributed by atoms with van der Waals surface area (Å²) in [4.78, 5) is 22.5. The zero-order valence-corrected chi connectivity index (χ0v) is 15.5. The molecule has 0 unspecified atom stereocenters. The van der Waals surface area contributed by atoms with Crippen LogP contribution in [0.1, 0.15) is 11.1 Å². The lowest BCUT2D eigenvalue weighted by molar-refractivity contribution is -0.384. The highest BCUT2D eigenvalue weighted by Gasteiger charge is 2.15. The van der Waals surface area contributed by atoms with Crippen molar-refractivity contribution < 1.29 is 19.2 Å². The first kappa shape index (κ1) is 18.7. The Kier molecular flexibility index (Phi) is 5.97. The SMILES string of the molecule is COc1ccc([N+](=O)[O-])cc1NC(=O)COc1c(C)cc(Br)cc1C. The Labute approximate surface area is 153 Å². The van der Waals surface area contributed by atoms with Gasteiger partial charge in [-0.25, -0.2) is 0 Å². The number of carbonyl (C=O) groups is 1. The Bertz CT molecular complexity index is 800. The maximum atomic E-state index is 12.2. The highest BCUT2D eigenvalue weighted by molar-refractivity contribution is 9.10. The number of nitro benzene ring substituents is 1. The fourth-order valence-corrected chi connectivity index (χ4v) is 3.04. The molecule has 2 aromatic carbocycles. The van der Waals surface area contributed by atoms with E-state index in [1.54, 1.807) is 0 Å². The number of amides is 1. The maximum Gasteiger partial charge on any atom is 0.271 e. The van der Waals surface area contributed by atoms with E-state index in [-0.39, 0.29) is 18.0 Å². The molecule has 0 aliphatic rings. The van der Waals surface area contributed by atoms with Crippen LogP contribution in [0.25, 0.3) is 0 Å². The molecule has 7 nitrogen and oxygen atoms in total. The molecule has 1 amide bonds. The second kappa shape index (κ2) is 7.98. The Balaban J connectivity index is 2.11. The molecule has 0 bridgehead atoms. The minimum Gasteiger partial charge on any atom is -0.495 e. The largest absolute Gasteiger partial charge is 0.495 e. The van der Waals surface area contributed by atoms with Crippen molar-refractivity contribution in [3.05, 3.63) is 56.0 Å². The monoisotopic (exact) mass is 408 g/mol. The minimum atomic E-state index is -0.542.